The highest BCUT2D eigenvalue weighted by Crippen LogP contribution is 2.28. The monoisotopic (exact) mass is 336 g/mol. The molecule has 0 saturated heterocycles. The van der Waals surface area contributed by atoms with Crippen molar-refractivity contribution in [2.45, 2.75) is 6.92 Å². The number of aromatic amines is 1. The Labute approximate surface area is 123 Å². The fourth-order valence-corrected chi connectivity index (χ4v) is 3.05. The standard InChI is InChI=1S/C14H10BrFN2S/c1-8-3-2-4-11-13(8)18(14(19)17-11)12-6-5-9(16)7-10(12)15/h2-7H,1H3,(H,17,19). The van der Waals surface area contributed by atoms with Gasteiger partial charge in [-0.15, -0.1) is 0 Å². The summed E-state index contributed by atoms with van der Waals surface area (Å²) in [5.41, 5.74) is 3.93. The zero-order valence-corrected chi connectivity index (χ0v) is 12.5. The average molecular weight is 337 g/mol. The molecule has 1 heterocycles. The fourth-order valence-electron chi connectivity index (χ4n) is 2.22. The maximum absolute atomic E-state index is 13.2. The molecule has 0 aliphatic heterocycles. The van der Waals surface area contributed by atoms with Crippen LogP contribution in [-0.4, -0.2) is 9.55 Å². The molecule has 3 rings (SSSR count). The third-order valence-corrected chi connectivity index (χ3v) is 3.98. The molecule has 0 unspecified atom stereocenters. The molecule has 2 aromatic carbocycles. The summed E-state index contributed by atoms with van der Waals surface area (Å²) in [6.45, 7) is 2.03. The van der Waals surface area contributed by atoms with Crippen LogP contribution < -0.4 is 0 Å². The molecule has 0 fully saturated rings. The predicted octanol–water partition coefficient (Wildman–Crippen LogP) is 4.90. The molecule has 0 spiro atoms. The number of hydrogen-bond donors (Lipinski definition) is 1. The van der Waals surface area contributed by atoms with E-state index in [2.05, 4.69) is 20.9 Å². The van der Waals surface area contributed by atoms with E-state index >= 15 is 0 Å². The van der Waals surface area contributed by atoms with Gasteiger partial charge in [-0.05, 0) is 64.9 Å². The van der Waals surface area contributed by atoms with Crippen molar-refractivity contribution in [1.29, 1.82) is 0 Å². The van der Waals surface area contributed by atoms with Gasteiger partial charge in [0.05, 0.1) is 16.7 Å². The van der Waals surface area contributed by atoms with Crippen LogP contribution in [0.15, 0.2) is 40.9 Å². The second-order valence-corrected chi connectivity index (χ2v) is 5.57. The number of imidazole rings is 1. The van der Waals surface area contributed by atoms with Crippen molar-refractivity contribution in [3.8, 4) is 5.69 Å². The molecule has 96 valence electrons. The summed E-state index contributed by atoms with van der Waals surface area (Å²) in [6, 6.07) is 10.6. The molecule has 1 N–H and O–H groups in total. The molecule has 5 heteroatoms. The van der Waals surface area contributed by atoms with Crippen molar-refractivity contribution in [1.82, 2.24) is 9.55 Å². The number of aryl methyl sites for hydroxylation is 1. The van der Waals surface area contributed by atoms with E-state index in [9.17, 15) is 4.39 Å². The van der Waals surface area contributed by atoms with Gasteiger partial charge in [0.15, 0.2) is 4.77 Å². The van der Waals surface area contributed by atoms with Crippen LogP contribution in [0.5, 0.6) is 0 Å². The van der Waals surface area contributed by atoms with Crippen molar-refractivity contribution in [2.75, 3.05) is 0 Å². The Morgan fingerprint density at radius 3 is 2.79 bits per heavy atom. The molecule has 2 nitrogen and oxygen atoms in total. The quantitative estimate of drug-likeness (QED) is 0.627. The lowest BCUT2D eigenvalue weighted by Crippen LogP contribution is -1.97. The Bertz CT molecular complexity index is 835. The summed E-state index contributed by atoms with van der Waals surface area (Å²) in [4.78, 5) is 3.17. The summed E-state index contributed by atoms with van der Waals surface area (Å²) in [7, 11) is 0. The van der Waals surface area contributed by atoms with E-state index in [0.717, 1.165) is 22.3 Å². The third-order valence-electron chi connectivity index (χ3n) is 3.06. The molecule has 0 atom stereocenters. The van der Waals surface area contributed by atoms with Gasteiger partial charge < -0.3 is 4.98 Å². The van der Waals surface area contributed by atoms with E-state index in [1.165, 1.54) is 12.1 Å². The van der Waals surface area contributed by atoms with Gasteiger partial charge in [0, 0.05) is 4.47 Å². The summed E-state index contributed by atoms with van der Waals surface area (Å²) in [6.07, 6.45) is 0. The number of hydrogen-bond acceptors (Lipinski definition) is 1. The first-order chi connectivity index (χ1) is 9.08. The number of benzene rings is 2. The van der Waals surface area contributed by atoms with Crippen LogP contribution in [0.2, 0.25) is 0 Å². The van der Waals surface area contributed by atoms with Crippen LogP contribution in [0.25, 0.3) is 16.7 Å². The molecular weight excluding hydrogens is 327 g/mol. The normalized spacial score (nSPS) is 11.1. The number of fused-ring (bicyclic) bond motifs is 1. The van der Waals surface area contributed by atoms with E-state index in [1.807, 2.05) is 29.7 Å². The summed E-state index contributed by atoms with van der Waals surface area (Å²) in [5.74, 6) is -0.279. The Hall–Kier alpha value is -1.46. The van der Waals surface area contributed by atoms with Crippen LogP contribution in [0.4, 0.5) is 4.39 Å². The van der Waals surface area contributed by atoms with Gasteiger partial charge in [-0.25, -0.2) is 4.39 Å². The second-order valence-electron chi connectivity index (χ2n) is 4.33. The van der Waals surface area contributed by atoms with Gasteiger partial charge in [0.1, 0.15) is 5.82 Å². The predicted molar refractivity (Wildman–Crippen MR) is 80.9 cm³/mol. The van der Waals surface area contributed by atoms with E-state index in [4.69, 9.17) is 12.2 Å². The van der Waals surface area contributed by atoms with Gasteiger partial charge in [0.2, 0.25) is 0 Å². The summed E-state index contributed by atoms with van der Waals surface area (Å²) >= 11 is 8.77. The number of aromatic nitrogens is 2. The molecule has 3 aromatic rings. The van der Waals surface area contributed by atoms with Gasteiger partial charge in [-0.3, -0.25) is 4.57 Å². The number of para-hydroxylation sites is 1. The lowest BCUT2D eigenvalue weighted by atomic mass is 10.2. The van der Waals surface area contributed by atoms with E-state index < -0.39 is 0 Å². The highest BCUT2D eigenvalue weighted by Gasteiger charge is 2.11. The van der Waals surface area contributed by atoms with E-state index in [0.29, 0.717) is 9.24 Å². The summed E-state index contributed by atoms with van der Waals surface area (Å²) in [5, 5.41) is 0. The first-order valence-corrected chi connectivity index (χ1v) is 6.94. The zero-order valence-electron chi connectivity index (χ0n) is 10.1. The zero-order chi connectivity index (χ0) is 13.6. The molecule has 19 heavy (non-hydrogen) atoms. The molecule has 0 aliphatic carbocycles. The Balaban J connectivity index is 2.42. The summed E-state index contributed by atoms with van der Waals surface area (Å²) < 4.78 is 16.4. The average Bonchev–Trinajstić information content (AvgIpc) is 2.67. The van der Waals surface area contributed by atoms with E-state index in [-0.39, 0.29) is 5.82 Å². The van der Waals surface area contributed by atoms with Crippen LogP contribution in [-0.2, 0) is 0 Å². The lowest BCUT2D eigenvalue weighted by Gasteiger charge is -2.08. The number of H-pyrrole nitrogens is 1. The molecule has 0 bridgehead atoms. The van der Waals surface area contributed by atoms with Crippen molar-refractivity contribution >= 4 is 39.2 Å². The highest BCUT2D eigenvalue weighted by molar-refractivity contribution is 9.10. The number of nitrogens with zero attached hydrogens (tertiary/aromatic N) is 1. The minimum Gasteiger partial charge on any atom is -0.330 e. The first-order valence-electron chi connectivity index (χ1n) is 5.73. The van der Waals surface area contributed by atoms with Crippen molar-refractivity contribution in [2.24, 2.45) is 0 Å². The van der Waals surface area contributed by atoms with Gasteiger partial charge >= 0.3 is 0 Å². The number of halogens is 2. The van der Waals surface area contributed by atoms with Gasteiger partial charge in [0.25, 0.3) is 0 Å². The Kier molecular flexibility index (Phi) is 3.03. The Morgan fingerprint density at radius 1 is 1.26 bits per heavy atom. The first kappa shape index (κ1) is 12.6. The lowest BCUT2D eigenvalue weighted by molar-refractivity contribution is 0.626. The van der Waals surface area contributed by atoms with Crippen molar-refractivity contribution < 1.29 is 4.39 Å². The SMILES string of the molecule is Cc1cccc2[nH]c(=S)n(-c3ccc(F)cc3Br)c12. The minimum absolute atomic E-state index is 0.279. The van der Waals surface area contributed by atoms with Crippen LogP contribution in [0.1, 0.15) is 5.56 Å². The van der Waals surface area contributed by atoms with Crippen LogP contribution in [0, 0.1) is 17.5 Å². The maximum atomic E-state index is 13.2. The minimum atomic E-state index is -0.279. The third kappa shape index (κ3) is 2.03. The topological polar surface area (TPSA) is 20.7 Å². The Morgan fingerprint density at radius 2 is 2.05 bits per heavy atom. The van der Waals surface area contributed by atoms with E-state index in [1.54, 1.807) is 6.07 Å². The second kappa shape index (κ2) is 4.58. The molecular formula is C14H10BrFN2S. The largest absolute Gasteiger partial charge is 0.330 e. The molecule has 0 radical (unpaired) electrons. The highest BCUT2D eigenvalue weighted by atomic mass is 79.9. The van der Waals surface area contributed by atoms with Gasteiger partial charge in [-0.2, -0.15) is 0 Å². The fraction of sp³-hybridized carbons (Fsp3) is 0.0714. The van der Waals surface area contributed by atoms with Crippen LogP contribution in [0.3, 0.4) is 0 Å². The molecule has 0 saturated carbocycles. The maximum Gasteiger partial charge on any atom is 0.182 e. The molecule has 0 aliphatic rings. The molecule has 0 amide bonds. The number of nitrogens with one attached hydrogen (secondary N) is 1. The number of rotatable bonds is 1. The molecule has 1 aromatic heterocycles. The van der Waals surface area contributed by atoms with Crippen molar-refractivity contribution in [3.63, 3.8) is 0 Å². The van der Waals surface area contributed by atoms with Crippen LogP contribution >= 0.6 is 28.1 Å². The van der Waals surface area contributed by atoms with Gasteiger partial charge in [-0.1, -0.05) is 12.1 Å². The van der Waals surface area contributed by atoms with Crippen molar-refractivity contribution in [3.05, 3.63) is 57.0 Å². The smallest absolute Gasteiger partial charge is 0.182 e.